The van der Waals surface area contributed by atoms with Crippen molar-refractivity contribution in [2.24, 2.45) is 5.92 Å². The van der Waals surface area contributed by atoms with Gasteiger partial charge in [-0.05, 0) is 11.0 Å². The van der Waals surface area contributed by atoms with Crippen molar-refractivity contribution in [1.82, 2.24) is 0 Å². The van der Waals surface area contributed by atoms with E-state index in [-0.39, 0.29) is 8.80 Å². The fourth-order valence-electron chi connectivity index (χ4n) is 0.577. The minimum atomic E-state index is -0.543. The molecule has 0 nitrogen and oxygen atoms in total. The molecule has 0 N–H and O–H groups in total. The fraction of sp³-hybridized carbons (Fsp3) is 1.00. The van der Waals surface area contributed by atoms with Crippen molar-refractivity contribution in [1.29, 1.82) is 0 Å². The van der Waals surface area contributed by atoms with Crippen LogP contribution >= 0.6 is 0 Å². The SMILES string of the molecule is CC(C)C(C)(C)[Si](C)C.[CH3][Sn]([CH3])[CH3]. The monoisotopic (exact) mass is 308 g/mol. The summed E-state index contributed by atoms with van der Waals surface area (Å²) < 4.78 is 0. The summed E-state index contributed by atoms with van der Waals surface area (Å²) in [6.45, 7) is 14.2. The first-order valence-electron chi connectivity index (χ1n) is 5.19. The van der Waals surface area contributed by atoms with Crippen LogP contribution in [0.25, 0.3) is 0 Å². The first kappa shape index (κ1) is 16.4. The molecular formula is C11H28SiSn. The van der Waals surface area contributed by atoms with Crippen molar-refractivity contribution in [3.63, 3.8) is 0 Å². The van der Waals surface area contributed by atoms with Gasteiger partial charge in [-0.15, -0.1) is 0 Å². The standard InChI is InChI=1S/C8H19Si.3CH3.Sn/c1-7(2)8(3,4)9(5)6;;;;/h7H,1-6H3;3*1H3;. The Morgan fingerprint density at radius 3 is 1.23 bits per heavy atom. The van der Waals surface area contributed by atoms with Crippen molar-refractivity contribution in [2.75, 3.05) is 0 Å². The number of hydrogen-bond acceptors (Lipinski definition) is 0. The van der Waals surface area contributed by atoms with Crippen LogP contribution in [0.4, 0.5) is 0 Å². The Hall–Kier alpha value is 1.02. The molecule has 0 aromatic carbocycles. The van der Waals surface area contributed by atoms with Gasteiger partial charge in [-0.1, -0.05) is 40.8 Å². The zero-order valence-electron chi connectivity index (χ0n) is 11.1. The maximum atomic E-state index is 2.39. The van der Waals surface area contributed by atoms with Crippen molar-refractivity contribution in [3.8, 4) is 0 Å². The average Bonchev–Trinajstić information content (AvgIpc) is 1.85. The molecule has 0 atom stereocenters. The second kappa shape index (κ2) is 7.33. The summed E-state index contributed by atoms with van der Waals surface area (Å²) in [6, 6.07) is 0. The zero-order chi connectivity index (χ0) is 11.2. The van der Waals surface area contributed by atoms with E-state index in [1.54, 1.807) is 0 Å². The molecule has 2 heteroatoms. The predicted octanol–water partition coefficient (Wildman–Crippen LogP) is 4.55. The molecule has 13 heavy (non-hydrogen) atoms. The molecule has 0 aliphatic heterocycles. The first-order chi connectivity index (χ1) is 5.62. The van der Waals surface area contributed by atoms with E-state index < -0.39 is 19.8 Å². The summed E-state index contributed by atoms with van der Waals surface area (Å²) in [4.78, 5) is 7.09. The molecule has 0 unspecified atom stereocenters. The zero-order valence-corrected chi connectivity index (χ0v) is 14.9. The van der Waals surface area contributed by atoms with Crippen LogP contribution in [0, 0.1) is 5.92 Å². The van der Waals surface area contributed by atoms with Crippen LogP contribution in [0.2, 0.25) is 33.0 Å². The van der Waals surface area contributed by atoms with Crippen LogP contribution in [0.3, 0.4) is 0 Å². The van der Waals surface area contributed by atoms with Crippen LogP contribution in [0.5, 0.6) is 0 Å². The molecule has 0 saturated heterocycles. The van der Waals surface area contributed by atoms with Gasteiger partial charge in [0, 0.05) is 8.80 Å². The average molecular weight is 307 g/mol. The molecule has 0 rings (SSSR count). The van der Waals surface area contributed by atoms with Crippen molar-refractivity contribution < 1.29 is 0 Å². The molecule has 0 aliphatic carbocycles. The summed E-state index contributed by atoms with van der Waals surface area (Å²) in [5, 5.41) is 0.602. The van der Waals surface area contributed by atoms with Crippen LogP contribution in [0.15, 0.2) is 0 Å². The second-order valence-electron chi connectivity index (χ2n) is 5.38. The van der Waals surface area contributed by atoms with Gasteiger partial charge in [0.25, 0.3) is 0 Å². The van der Waals surface area contributed by atoms with E-state index in [4.69, 9.17) is 0 Å². The van der Waals surface area contributed by atoms with E-state index in [1.807, 2.05) is 0 Å². The minimum absolute atomic E-state index is 0.110. The molecule has 0 aliphatic rings. The number of hydrogen-bond donors (Lipinski definition) is 0. The fourth-order valence-corrected chi connectivity index (χ4v) is 1.73. The van der Waals surface area contributed by atoms with E-state index in [2.05, 4.69) is 55.6 Å². The summed E-state index contributed by atoms with van der Waals surface area (Å²) in [6.07, 6.45) is 0. The van der Waals surface area contributed by atoms with Crippen LogP contribution in [-0.2, 0) is 0 Å². The molecular weight excluding hydrogens is 279 g/mol. The van der Waals surface area contributed by atoms with E-state index >= 15 is 0 Å². The number of rotatable bonds is 2. The maximum absolute atomic E-state index is 2.39. The summed E-state index contributed by atoms with van der Waals surface area (Å²) >= 11 is -0.543. The molecule has 80 valence electrons. The third-order valence-corrected chi connectivity index (χ3v) is 5.89. The predicted molar refractivity (Wildman–Crippen MR) is 69.7 cm³/mol. The summed E-state index contributed by atoms with van der Waals surface area (Å²) in [5.41, 5.74) is 0. The van der Waals surface area contributed by atoms with Crippen molar-refractivity contribution in [2.45, 2.75) is 60.6 Å². The topological polar surface area (TPSA) is 0 Å². The van der Waals surface area contributed by atoms with Gasteiger partial charge < -0.3 is 0 Å². The van der Waals surface area contributed by atoms with E-state index in [1.165, 1.54) is 0 Å². The normalized spacial score (nSPS) is 12.0. The van der Waals surface area contributed by atoms with Crippen LogP contribution in [0.1, 0.15) is 27.7 Å². The molecule has 2 radical (unpaired) electrons. The van der Waals surface area contributed by atoms with Gasteiger partial charge in [0.2, 0.25) is 0 Å². The quantitative estimate of drug-likeness (QED) is 0.657. The Labute approximate surface area is 94.9 Å². The van der Waals surface area contributed by atoms with Crippen molar-refractivity contribution >= 4 is 28.6 Å². The molecule has 0 heterocycles. The van der Waals surface area contributed by atoms with Crippen molar-refractivity contribution in [3.05, 3.63) is 0 Å². The van der Waals surface area contributed by atoms with Gasteiger partial charge in [-0.3, -0.25) is 0 Å². The Bertz CT molecular complexity index is 105. The van der Waals surface area contributed by atoms with Gasteiger partial charge >= 0.3 is 34.6 Å². The third-order valence-electron chi connectivity index (χ3n) is 2.73. The Morgan fingerprint density at radius 2 is 1.23 bits per heavy atom. The van der Waals surface area contributed by atoms with E-state index in [0.717, 1.165) is 5.92 Å². The Kier molecular flexibility index (Phi) is 9.27. The van der Waals surface area contributed by atoms with Gasteiger partial charge in [-0.25, -0.2) is 0 Å². The Balaban J connectivity index is 0. The molecule has 0 fully saturated rings. The van der Waals surface area contributed by atoms with Gasteiger partial charge in [0.15, 0.2) is 0 Å². The molecule has 0 saturated carbocycles. The third kappa shape index (κ3) is 9.32. The van der Waals surface area contributed by atoms with Crippen LogP contribution < -0.4 is 0 Å². The first-order valence-corrected chi connectivity index (χ1v) is 16.3. The molecule has 0 bridgehead atoms. The van der Waals surface area contributed by atoms with E-state index in [9.17, 15) is 0 Å². The van der Waals surface area contributed by atoms with Gasteiger partial charge in [0.1, 0.15) is 0 Å². The molecule has 0 aromatic rings. The Morgan fingerprint density at radius 1 is 1.00 bits per heavy atom. The van der Waals surface area contributed by atoms with Gasteiger partial charge in [-0.2, -0.15) is 0 Å². The molecule has 0 amide bonds. The molecule has 0 aromatic heterocycles. The van der Waals surface area contributed by atoms with Gasteiger partial charge in [0.05, 0.1) is 0 Å². The van der Waals surface area contributed by atoms with Crippen LogP contribution in [-0.4, -0.2) is 28.6 Å². The summed E-state index contributed by atoms with van der Waals surface area (Å²) in [5.74, 6) is 0.835. The second-order valence-corrected chi connectivity index (χ2v) is 17.2. The summed E-state index contributed by atoms with van der Waals surface area (Å²) in [7, 11) is -0.110. The molecule has 0 spiro atoms. The van der Waals surface area contributed by atoms with E-state index in [0.29, 0.717) is 5.04 Å².